The molecule has 2 rings (SSSR count). The van der Waals surface area contributed by atoms with Crippen LogP contribution in [0.15, 0.2) is 30.3 Å². The van der Waals surface area contributed by atoms with Crippen LogP contribution in [0, 0.1) is 41.5 Å². The molecule has 0 atom stereocenters. The van der Waals surface area contributed by atoms with E-state index < -0.39 is 0 Å². The van der Waals surface area contributed by atoms with E-state index in [0.717, 1.165) is 6.42 Å². The van der Waals surface area contributed by atoms with Gasteiger partial charge >= 0.3 is 0 Å². The van der Waals surface area contributed by atoms with Crippen LogP contribution in [-0.2, 0) is 6.42 Å². The molecule has 0 amide bonds. The quantitative estimate of drug-likeness (QED) is 0.614. The molecule has 0 fully saturated rings. The second kappa shape index (κ2) is 7.28. The molecule has 0 N–H and O–H groups in total. The van der Waals surface area contributed by atoms with Crippen LogP contribution in [0.3, 0.4) is 0 Å². The summed E-state index contributed by atoms with van der Waals surface area (Å²) in [5.74, 6) is 0. The fraction of sp³-hybridized carbons (Fsp3) is 0.400. The molecule has 2 aromatic rings. The molecule has 108 valence electrons. The summed E-state index contributed by atoms with van der Waals surface area (Å²) in [6.07, 6.45) is 1.14. The predicted octanol–water partition coefficient (Wildman–Crippen LogP) is 5.79. The summed E-state index contributed by atoms with van der Waals surface area (Å²) in [5.41, 5.74) is 9.78. The minimum atomic E-state index is 1.14. The van der Waals surface area contributed by atoms with Gasteiger partial charge in [-0.05, 0) is 70.2 Å². The molecule has 0 aliphatic heterocycles. The van der Waals surface area contributed by atoms with E-state index >= 15 is 0 Å². The Bertz CT molecular complexity index is 503. The minimum Gasteiger partial charge on any atom is -0.0613 e. The number of hydrogen-bond donors (Lipinski definition) is 0. The van der Waals surface area contributed by atoms with E-state index in [2.05, 4.69) is 78.8 Å². The van der Waals surface area contributed by atoms with Crippen LogP contribution in [0.25, 0.3) is 0 Å². The number of aryl methyl sites for hydroxylation is 6. The van der Waals surface area contributed by atoms with Crippen molar-refractivity contribution >= 4 is 0 Å². The largest absolute Gasteiger partial charge is 0.0613 e. The minimum absolute atomic E-state index is 1.14. The molecule has 0 spiro atoms. The second-order valence-corrected chi connectivity index (χ2v) is 5.87. The first-order chi connectivity index (χ1) is 9.33. The lowest BCUT2D eigenvalue weighted by Gasteiger charge is -2.06. The predicted molar refractivity (Wildman–Crippen MR) is 90.7 cm³/mol. The molecule has 0 bridgehead atoms. The van der Waals surface area contributed by atoms with Crippen molar-refractivity contribution in [3.63, 3.8) is 0 Å². The SMILES string of the molecule is CCc1cc(C)c(C)c(C)c1.Cc1cc(C)cc(C)c1. The standard InChI is InChI=1S/C11H16.C9H12/c1-5-11-6-8(2)10(4)9(3)7-11;1-7-4-8(2)6-9(3)5-7/h6-7H,5H2,1-4H3;4-6H,1-3H3. The van der Waals surface area contributed by atoms with Crippen molar-refractivity contribution in [1.29, 1.82) is 0 Å². The van der Waals surface area contributed by atoms with Crippen LogP contribution in [0.2, 0.25) is 0 Å². The summed E-state index contributed by atoms with van der Waals surface area (Å²) >= 11 is 0. The third-order valence-electron chi connectivity index (χ3n) is 3.76. The Kier molecular flexibility index (Phi) is 6.01. The van der Waals surface area contributed by atoms with Gasteiger partial charge in [0.15, 0.2) is 0 Å². The fourth-order valence-corrected chi connectivity index (χ4v) is 2.53. The van der Waals surface area contributed by atoms with Crippen molar-refractivity contribution in [2.24, 2.45) is 0 Å². The van der Waals surface area contributed by atoms with E-state index in [9.17, 15) is 0 Å². The number of rotatable bonds is 1. The van der Waals surface area contributed by atoms with Crippen molar-refractivity contribution < 1.29 is 0 Å². The lowest BCUT2D eigenvalue weighted by atomic mass is 10.00. The van der Waals surface area contributed by atoms with Gasteiger partial charge in [-0.1, -0.05) is 53.9 Å². The molecular weight excluding hydrogens is 240 g/mol. The van der Waals surface area contributed by atoms with Gasteiger partial charge in [-0.3, -0.25) is 0 Å². The maximum atomic E-state index is 2.28. The van der Waals surface area contributed by atoms with Gasteiger partial charge in [0.2, 0.25) is 0 Å². The van der Waals surface area contributed by atoms with Gasteiger partial charge in [-0.2, -0.15) is 0 Å². The smallest absolute Gasteiger partial charge is 0.0307 e. The molecule has 0 aliphatic rings. The monoisotopic (exact) mass is 268 g/mol. The van der Waals surface area contributed by atoms with Crippen LogP contribution < -0.4 is 0 Å². The van der Waals surface area contributed by atoms with Gasteiger partial charge in [-0.25, -0.2) is 0 Å². The van der Waals surface area contributed by atoms with Crippen molar-refractivity contribution in [2.45, 2.75) is 54.9 Å². The highest BCUT2D eigenvalue weighted by atomic mass is 14.0. The van der Waals surface area contributed by atoms with Crippen LogP contribution in [-0.4, -0.2) is 0 Å². The highest BCUT2D eigenvalue weighted by molar-refractivity contribution is 5.36. The zero-order valence-electron chi connectivity index (χ0n) is 14.1. The Hall–Kier alpha value is -1.56. The lowest BCUT2D eigenvalue weighted by Crippen LogP contribution is -1.89. The molecular formula is C20H28. The Morgan fingerprint density at radius 1 is 0.600 bits per heavy atom. The summed E-state index contributed by atoms with van der Waals surface area (Å²) in [6, 6.07) is 11.1. The zero-order valence-corrected chi connectivity index (χ0v) is 14.1. The maximum absolute atomic E-state index is 2.28. The Morgan fingerprint density at radius 2 is 0.950 bits per heavy atom. The van der Waals surface area contributed by atoms with Gasteiger partial charge in [0.25, 0.3) is 0 Å². The van der Waals surface area contributed by atoms with Crippen LogP contribution >= 0.6 is 0 Å². The second-order valence-electron chi connectivity index (χ2n) is 5.87. The van der Waals surface area contributed by atoms with Gasteiger partial charge in [0, 0.05) is 0 Å². The van der Waals surface area contributed by atoms with Gasteiger partial charge < -0.3 is 0 Å². The maximum Gasteiger partial charge on any atom is -0.0307 e. The molecule has 0 aliphatic carbocycles. The Balaban J connectivity index is 0.000000204. The third kappa shape index (κ3) is 4.85. The molecule has 20 heavy (non-hydrogen) atoms. The van der Waals surface area contributed by atoms with Crippen molar-refractivity contribution in [3.8, 4) is 0 Å². The molecule has 0 saturated heterocycles. The Labute approximate surface area is 124 Å². The molecule has 0 aromatic heterocycles. The van der Waals surface area contributed by atoms with E-state index in [4.69, 9.17) is 0 Å². The fourth-order valence-electron chi connectivity index (χ4n) is 2.53. The van der Waals surface area contributed by atoms with Gasteiger partial charge in [-0.15, -0.1) is 0 Å². The molecule has 0 radical (unpaired) electrons. The van der Waals surface area contributed by atoms with Crippen LogP contribution in [0.4, 0.5) is 0 Å². The molecule has 0 heteroatoms. The summed E-state index contributed by atoms with van der Waals surface area (Å²) in [5, 5.41) is 0. The van der Waals surface area contributed by atoms with Crippen LogP contribution in [0.1, 0.15) is 45.9 Å². The molecule has 0 unspecified atom stereocenters. The summed E-state index contributed by atoms with van der Waals surface area (Å²) < 4.78 is 0. The van der Waals surface area contributed by atoms with E-state index in [-0.39, 0.29) is 0 Å². The van der Waals surface area contributed by atoms with E-state index in [1.165, 1.54) is 38.9 Å². The first kappa shape index (κ1) is 16.5. The summed E-state index contributed by atoms with van der Waals surface area (Å²) in [4.78, 5) is 0. The average molecular weight is 268 g/mol. The van der Waals surface area contributed by atoms with E-state index in [1.807, 2.05) is 0 Å². The topological polar surface area (TPSA) is 0 Å². The normalized spacial score (nSPS) is 9.95. The van der Waals surface area contributed by atoms with Crippen molar-refractivity contribution in [2.75, 3.05) is 0 Å². The number of hydrogen-bond acceptors (Lipinski definition) is 0. The first-order valence-corrected chi connectivity index (χ1v) is 7.45. The van der Waals surface area contributed by atoms with Gasteiger partial charge in [0.05, 0.1) is 0 Å². The lowest BCUT2D eigenvalue weighted by molar-refractivity contribution is 1.11. The summed E-state index contributed by atoms with van der Waals surface area (Å²) in [6.45, 7) is 15.1. The first-order valence-electron chi connectivity index (χ1n) is 7.45. The van der Waals surface area contributed by atoms with Crippen LogP contribution in [0.5, 0.6) is 0 Å². The van der Waals surface area contributed by atoms with Crippen molar-refractivity contribution in [1.82, 2.24) is 0 Å². The van der Waals surface area contributed by atoms with E-state index in [1.54, 1.807) is 0 Å². The molecule has 2 aromatic carbocycles. The molecule has 0 nitrogen and oxygen atoms in total. The molecule has 0 saturated carbocycles. The molecule has 0 heterocycles. The number of benzene rings is 2. The summed E-state index contributed by atoms with van der Waals surface area (Å²) in [7, 11) is 0. The van der Waals surface area contributed by atoms with Gasteiger partial charge in [0.1, 0.15) is 0 Å². The van der Waals surface area contributed by atoms with Crippen molar-refractivity contribution in [3.05, 3.63) is 69.3 Å². The highest BCUT2D eigenvalue weighted by Gasteiger charge is 1.98. The van der Waals surface area contributed by atoms with E-state index in [0.29, 0.717) is 0 Å². The third-order valence-corrected chi connectivity index (χ3v) is 3.76. The highest BCUT2D eigenvalue weighted by Crippen LogP contribution is 2.15. The average Bonchev–Trinajstić information content (AvgIpc) is 2.34. The zero-order chi connectivity index (χ0) is 15.3. The Morgan fingerprint density at radius 3 is 1.25 bits per heavy atom.